The van der Waals surface area contributed by atoms with Crippen LogP contribution in [-0.2, 0) is 16.1 Å². The number of esters is 1. The van der Waals surface area contributed by atoms with Gasteiger partial charge in [-0.1, -0.05) is 24.1 Å². The minimum atomic E-state index is -0.491. The van der Waals surface area contributed by atoms with Gasteiger partial charge in [0.25, 0.3) is 0 Å². The van der Waals surface area contributed by atoms with Crippen LogP contribution in [0.3, 0.4) is 0 Å². The fraction of sp³-hybridized carbons (Fsp3) is 0.105. The van der Waals surface area contributed by atoms with Crippen molar-refractivity contribution in [3.63, 3.8) is 0 Å². The van der Waals surface area contributed by atoms with Crippen LogP contribution in [0.1, 0.15) is 11.1 Å². The predicted molar refractivity (Wildman–Crippen MR) is 98.7 cm³/mol. The van der Waals surface area contributed by atoms with E-state index in [1.165, 1.54) is 18.2 Å². The summed E-state index contributed by atoms with van der Waals surface area (Å²) in [6, 6.07) is 11.8. The van der Waals surface area contributed by atoms with Crippen molar-refractivity contribution in [1.29, 1.82) is 0 Å². The summed E-state index contributed by atoms with van der Waals surface area (Å²) in [5.74, 6) is 2.13. The zero-order chi connectivity index (χ0) is 17.4. The van der Waals surface area contributed by atoms with Crippen LogP contribution in [0.25, 0.3) is 6.08 Å². The van der Waals surface area contributed by atoms with Crippen molar-refractivity contribution < 1.29 is 18.7 Å². The second-order valence-electron chi connectivity index (χ2n) is 4.75. The summed E-state index contributed by atoms with van der Waals surface area (Å²) in [7, 11) is 0. The number of halogens is 2. The first kappa shape index (κ1) is 18.0. The maximum absolute atomic E-state index is 13.1. The summed E-state index contributed by atoms with van der Waals surface area (Å²) in [5, 5.41) is 0. The van der Waals surface area contributed by atoms with Crippen molar-refractivity contribution in [2.24, 2.45) is 0 Å². The zero-order valence-corrected chi connectivity index (χ0v) is 14.8. The van der Waals surface area contributed by atoms with Gasteiger partial charge in [-0.15, -0.1) is 6.42 Å². The molecule has 0 N–H and O–H groups in total. The Bertz CT molecular complexity index is 793. The number of hydrogen-bond donors (Lipinski definition) is 0. The van der Waals surface area contributed by atoms with Crippen molar-refractivity contribution in [3.05, 3.63) is 69.1 Å². The van der Waals surface area contributed by atoms with Gasteiger partial charge in [-0.25, -0.2) is 9.18 Å². The summed E-state index contributed by atoms with van der Waals surface area (Å²) >= 11 is 2.14. The third kappa shape index (κ3) is 5.70. The second kappa shape index (κ2) is 9.08. The van der Waals surface area contributed by atoms with Crippen LogP contribution in [0, 0.1) is 21.7 Å². The highest BCUT2D eigenvalue weighted by Crippen LogP contribution is 2.24. The number of carbonyl (C=O) groups excluding carboxylic acids is 1. The minimum Gasteiger partial charge on any atom is -0.488 e. The van der Waals surface area contributed by atoms with Crippen LogP contribution in [0.2, 0.25) is 0 Å². The molecule has 24 heavy (non-hydrogen) atoms. The molecule has 0 aromatic heterocycles. The van der Waals surface area contributed by atoms with Crippen LogP contribution in [0.4, 0.5) is 4.39 Å². The Morgan fingerprint density at radius 3 is 2.83 bits per heavy atom. The van der Waals surface area contributed by atoms with Crippen LogP contribution in [0.5, 0.6) is 5.75 Å². The highest BCUT2D eigenvalue weighted by molar-refractivity contribution is 14.1. The SMILES string of the molecule is C#CCOC(=O)/C=C/c1ccc(OCc2cccc(F)c2)c(I)c1. The molecule has 3 nitrogen and oxygen atoms in total. The third-order valence-corrected chi connectivity index (χ3v) is 3.79. The van der Waals surface area contributed by atoms with Crippen molar-refractivity contribution >= 4 is 34.6 Å². The Labute approximate surface area is 153 Å². The fourth-order valence-electron chi connectivity index (χ4n) is 1.85. The molecular formula is C19H14FIO3. The molecule has 122 valence electrons. The van der Waals surface area contributed by atoms with E-state index in [0.717, 1.165) is 14.7 Å². The van der Waals surface area contributed by atoms with Gasteiger partial charge in [-0.05, 0) is 64.1 Å². The molecule has 0 heterocycles. The molecule has 0 spiro atoms. The molecule has 0 amide bonds. The number of rotatable bonds is 6. The highest BCUT2D eigenvalue weighted by Gasteiger charge is 2.04. The van der Waals surface area contributed by atoms with E-state index in [4.69, 9.17) is 15.9 Å². The summed E-state index contributed by atoms with van der Waals surface area (Å²) < 4.78 is 24.5. The average molecular weight is 436 g/mol. The van der Waals surface area contributed by atoms with Gasteiger partial charge in [-0.2, -0.15) is 0 Å². The number of hydrogen-bond acceptors (Lipinski definition) is 3. The molecule has 0 atom stereocenters. The lowest BCUT2D eigenvalue weighted by Crippen LogP contribution is -2.00. The van der Waals surface area contributed by atoms with E-state index in [-0.39, 0.29) is 19.0 Å². The third-order valence-electron chi connectivity index (χ3n) is 2.95. The van der Waals surface area contributed by atoms with Crippen LogP contribution < -0.4 is 4.74 Å². The molecule has 0 saturated carbocycles. The van der Waals surface area contributed by atoms with Gasteiger partial charge in [0.1, 0.15) is 18.2 Å². The molecule has 0 unspecified atom stereocenters. The van der Waals surface area contributed by atoms with E-state index in [2.05, 4.69) is 28.5 Å². The molecule has 2 rings (SSSR count). The topological polar surface area (TPSA) is 35.5 Å². The maximum atomic E-state index is 13.1. The normalized spacial score (nSPS) is 10.4. The lowest BCUT2D eigenvalue weighted by Gasteiger charge is -2.09. The molecule has 0 aliphatic heterocycles. The van der Waals surface area contributed by atoms with E-state index in [1.807, 2.05) is 12.1 Å². The quantitative estimate of drug-likeness (QED) is 0.295. The number of benzene rings is 2. The minimum absolute atomic E-state index is 0.0480. The lowest BCUT2D eigenvalue weighted by atomic mass is 10.2. The largest absolute Gasteiger partial charge is 0.488 e. The monoisotopic (exact) mass is 436 g/mol. The van der Waals surface area contributed by atoms with Gasteiger partial charge in [-0.3, -0.25) is 0 Å². The average Bonchev–Trinajstić information content (AvgIpc) is 2.57. The molecule has 2 aromatic rings. The van der Waals surface area contributed by atoms with Crippen molar-refractivity contribution in [3.8, 4) is 18.1 Å². The van der Waals surface area contributed by atoms with Crippen LogP contribution in [-0.4, -0.2) is 12.6 Å². The standard InChI is InChI=1S/C19H14FIO3/c1-2-10-23-19(22)9-7-14-6-8-18(17(21)12-14)24-13-15-4-3-5-16(20)11-15/h1,3-9,11-12H,10,13H2/b9-7+. The summed E-state index contributed by atoms with van der Waals surface area (Å²) in [6.07, 6.45) is 7.96. The van der Waals surface area contributed by atoms with Gasteiger partial charge in [0, 0.05) is 6.08 Å². The first-order chi connectivity index (χ1) is 11.6. The molecule has 0 radical (unpaired) electrons. The molecule has 0 fully saturated rings. The van der Waals surface area contributed by atoms with Crippen molar-refractivity contribution in [2.75, 3.05) is 6.61 Å². The van der Waals surface area contributed by atoms with Gasteiger partial charge >= 0.3 is 5.97 Å². The first-order valence-electron chi connectivity index (χ1n) is 7.03. The van der Waals surface area contributed by atoms with E-state index in [1.54, 1.807) is 24.3 Å². The predicted octanol–water partition coefficient (Wildman–Crippen LogP) is 4.20. The van der Waals surface area contributed by atoms with Gasteiger partial charge in [0.2, 0.25) is 0 Å². The lowest BCUT2D eigenvalue weighted by molar-refractivity contribution is -0.136. The smallest absolute Gasteiger partial charge is 0.331 e. The van der Waals surface area contributed by atoms with Gasteiger partial charge in [0.15, 0.2) is 6.61 Å². The van der Waals surface area contributed by atoms with Crippen molar-refractivity contribution in [2.45, 2.75) is 6.61 Å². The van der Waals surface area contributed by atoms with E-state index in [0.29, 0.717) is 5.75 Å². The summed E-state index contributed by atoms with van der Waals surface area (Å²) in [4.78, 5) is 11.4. The number of ether oxygens (including phenoxy) is 2. The molecule has 0 bridgehead atoms. The van der Waals surface area contributed by atoms with Crippen LogP contribution >= 0.6 is 22.6 Å². The Kier molecular flexibility index (Phi) is 6.82. The molecular weight excluding hydrogens is 422 g/mol. The highest BCUT2D eigenvalue weighted by atomic mass is 127. The Morgan fingerprint density at radius 2 is 2.12 bits per heavy atom. The number of carbonyl (C=O) groups is 1. The maximum Gasteiger partial charge on any atom is 0.331 e. The molecule has 0 aliphatic carbocycles. The summed E-state index contributed by atoms with van der Waals surface area (Å²) in [6.45, 7) is 0.231. The van der Waals surface area contributed by atoms with E-state index in [9.17, 15) is 9.18 Å². The van der Waals surface area contributed by atoms with Gasteiger partial charge in [0.05, 0.1) is 3.57 Å². The Morgan fingerprint density at radius 1 is 1.29 bits per heavy atom. The zero-order valence-electron chi connectivity index (χ0n) is 12.7. The Balaban J connectivity index is 1.98. The molecule has 0 saturated heterocycles. The van der Waals surface area contributed by atoms with Crippen LogP contribution in [0.15, 0.2) is 48.5 Å². The Hall–Kier alpha value is -2.33. The first-order valence-corrected chi connectivity index (χ1v) is 8.11. The van der Waals surface area contributed by atoms with Crippen molar-refractivity contribution in [1.82, 2.24) is 0 Å². The van der Waals surface area contributed by atoms with E-state index < -0.39 is 5.97 Å². The molecule has 5 heteroatoms. The van der Waals surface area contributed by atoms with E-state index >= 15 is 0 Å². The van der Waals surface area contributed by atoms with Gasteiger partial charge < -0.3 is 9.47 Å². The second-order valence-corrected chi connectivity index (χ2v) is 5.92. The molecule has 2 aromatic carbocycles. The summed E-state index contributed by atoms with van der Waals surface area (Å²) in [5.41, 5.74) is 1.58. The molecule has 0 aliphatic rings. The number of terminal acetylenes is 1. The fourth-order valence-corrected chi connectivity index (χ4v) is 2.55.